The van der Waals surface area contributed by atoms with Crippen LogP contribution in [-0.2, 0) is 0 Å². The van der Waals surface area contributed by atoms with Crippen molar-refractivity contribution in [3.63, 3.8) is 0 Å². The van der Waals surface area contributed by atoms with Crippen LogP contribution in [0.1, 0.15) is 40.4 Å². The number of rotatable bonds is 5. The van der Waals surface area contributed by atoms with Gasteiger partial charge in [-0.15, -0.1) is 0 Å². The maximum Gasteiger partial charge on any atom is 0.259 e. The zero-order valence-corrected chi connectivity index (χ0v) is 16.6. The van der Waals surface area contributed by atoms with Crippen LogP contribution in [0, 0.1) is 12.7 Å². The van der Waals surface area contributed by atoms with Crippen LogP contribution in [0.4, 0.5) is 10.1 Å². The van der Waals surface area contributed by atoms with E-state index in [1.165, 1.54) is 12.3 Å². The number of nitrogens with zero attached hydrogens (tertiary/aromatic N) is 3. The number of fused-ring (bicyclic) bond motifs is 1. The Morgan fingerprint density at radius 1 is 1.30 bits per heavy atom. The fraction of sp³-hybridized carbons (Fsp3) is 0.227. The van der Waals surface area contributed by atoms with Crippen molar-refractivity contribution in [1.82, 2.24) is 19.8 Å². The zero-order valence-electron chi connectivity index (χ0n) is 16.6. The fourth-order valence-corrected chi connectivity index (χ4v) is 3.53. The summed E-state index contributed by atoms with van der Waals surface area (Å²) in [5.41, 5.74) is 4.13. The van der Waals surface area contributed by atoms with Crippen LogP contribution in [0.15, 0.2) is 42.7 Å². The van der Waals surface area contributed by atoms with Crippen LogP contribution in [0.3, 0.4) is 0 Å². The second-order valence-electron chi connectivity index (χ2n) is 7.54. The highest BCUT2D eigenvalue weighted by Crippen LogP contribution is 2.40. The van der Waals surface area contributed by atoms with E-state index in [4.69, 9.17) is 4.74 Å². The average Bonchev–Trinajstić information content (AvgIpc) is 3.32. The Morgan fingerprint density at radius 3 is 2.90 bits per heavy atom. The largest absolute Gasteiger partial charge is 0.495 e. The minimum atomic E-state index is -0.373. The molecule has 1 amide bonds. The van der Waals surface area contributed by atoms with Gasteiger partial charge in [0.1, 0.15) is 11.6 Å². The van der Waals surface area contributed by atoms with Gasteiger partial charge in [0.25, 0.3) is 5.91 Å². The van der Waals surface area contributed by atoms with Gasteiger partial charge in [0.05, 0.1) is 36.3 Å². The Balaban J connectivity index is 1.46. The summed E-state index contributed by atoms with van der Waals surface area (Å²) in [6.07, 6.45) is 5.46. The number of hydrogen-bond donors (Lipinski definition) is 2. The van der Waals surface area contributed by atoms with Gasteiger partial charge in [0, 0.05) is 22.9 Å². The molecule has 1 aromatic carbocycles. The third kappa shape index (κ3) is 3.20. The monoisotopic (exact) mass is 405 g/mol. The summed E-state index contributed by atoms with van der Waals surface area (Å²) in [4.78, 5) is 12.9. The van der Waals surface area contributed by atoms with Crippen LogP contribution in [0.2, 0.25) is 0 Å². The van der Waals surface area contributed by atoms with Crippen LogP contribution in [0.25, 0.3) is 16.8 Å². The Morgan fingerprint density at radius 2 is 2.13 bits per heavy atom. The molecule has 0 atom stereocenters. The van der Waals surface area contributed by atoms with E-state index in [-0.39, 0.29) is 11.7 Å². The van der Waals surface area contributed by atoms with Crippen molar-refractivity contribution >= 4 is 17.1 Å². The molecule has 7 nitrogen and oxygen atoms in total. The van der Waals surface area contributed by atoms with Gasteiger partial charge in [0.2, 0.25) is 0 Å². The Hall–Kier alpha value is -3.68. The first-order chi connectivity index (χ1) is 14.5. The molecular formula is C22H20FN5O2. The molecule has 1 aliphatic rings. The quantitative estimate of drug-likeness (QED) is 0.518. The number of methoxy groups -OCH3 is 1. The summed E-state index contributed by atoms with van der Waals surface area (Å²) in [6.45, 7) is 1.75. The summed E-state index contributed by atoms with van der Waals surface area (Å²) >= 11 is 0. The number of amides is 1. The van der Waals surface area contributed by atoms with Crippen LogP contribution in [0.5, 0.6) is 5.75 Å². The van der Waals surface area contributed by atoms with E-state index in [1.807, 2.05) is 6.07 Å². The number of aromatic nitrogens is 4. The number of aryl methyl sites for hydroxylation is 1. The highest BCUT2D eigenvalue weighted by atomic mass is 19.1. The van der Waals surface area contributed by atoms with Crippen LogP contribution < -0.4 is 10.1 Å². The first-order valence-electron chi connectivity index (χ1n) is 9.72. The number of ether oxygens (including phenoxy) is 1. The van der Waals surface area contributed by atoms with Gasteiger partial charge in [-0.05, 0) is 55.7 Å². The van der Waals surface area contributed by atoms with Crippen molar-refractivity contribution in [3.05, 3.63) is 65.4 Å². The Labute approximate surface area is 171 Å². The van der Waals surface area contributed by atoms with Crippen molar-refractivity contribution in [2.24, 2.45) is 0 Å². The molecule has 0 radical (unpaired) electrons. The number of benzene rings is 1. The lowest BCUT2D eigenvalue weighted by Gasteiger charge is -2.11. The number of carbonyl (C=O) groups excluding carboxylic acids is 1. The molecule has 152 valence electrons. The first-order valence-corrected chi connectivity index (χ1v) is 9.72. The Kier molecular flexibility index (Phi) is 4.27. The third-order valence-corrected chi connectivity index (χ3v) is 5.42. The minimum Gasteiger partial charge on any atom is -0.495 e. The fourth-order valence-electron chi connectivity index (χ4n) is 3.53. The van der Waals surface area contributed by atoms with Crippen LogP contribution >= 0.6 is 0 Å². The first kappa shape index (κ1) is 18.4. The molecule has 0 spiro atoms. The zero-order chi connectivity index (χ0) is 20.8. The van der Waals surface area contributed by atoms with E-state index < -0.39 is 0 Å². The third-order valence-electron chi connectivity index (χ3n) is 5.42. The van der Waals surface area contributed by atoms with Crippen molar-refractivity contribution in [2.75, 3.05) is 12.4 Å². The van der Waals surface area contributed by atoms with Crippen molar-refractivity contribution in [2.45, 2.75) is 25.7 Å². The highest BCUT2D eigenvalue weighted by Gasteiger charge is 2.26. The SMILES string of the molecule is COc1ccc2c(C(=O)Nc3cc(-c4cc(C5CC5)[nH]n4)c(F)cc3C)cnn2c1. The standard InChI is InChI=1S/C22H20FN5O2/c1-12-7-17(23)15(20-9-19(26-27-20)13-3-4-13)8-18(12)25-22(29)16-10-24-28-11-14(30-2)5-6-21(16)28/h5-11,13H,3-4H2,1-2H3,(H,25,29)(H,26,27). The molecular weight excluding hydrogens is 385 g/mol. The molecule has 4 aromatic rings. The van der Waals surface area contributed by atoms with Gasteiger partial charge in [-0.25, -0.2) is 8.91 Å². The predicted molar refractivity (Wildman–Crippen MR) is 110 cm³/mol. The van der Waals surface area contributed by atoms with E-state index in [0.29, 0.717) is 45.3 Å². The summed E-state index contributed by atoms with van der Waals surface area (Å²) in [5, 5.41) is 14.4. The van der Waals surface area contributed by atoms with E-state index in [1.54, 1.807) is 42.9 Å². The number of halogens is 1. The summed E-state index contributed by atoms with van der Waals surface area (Å²) in [5.74, 6) is 0.438. The number of aromatic amines is 1. The van der Waals surface area contributed by atoms with E-state index in [9.17, 15) is 9.18 Å². The van der Waals surface area contributed by atoms with E-state index >= 15 is 0 Å². The van der Waals surface area contributed by atoms with Crippen molar-refractivity contribution in [1.29, 1.82) is 0 Å². The molecule has 0 bridgehead atoms. The number of nitrogens with one attached hydrogen (secondary N) is 2. The topological polar surface area (TPSA) is 84.3 Å². The molecule has 2 N–H and O–H groups in total. The second kappa shape index (κ2) is 6.98. The molecule has 5 rings (SSSR count). The van der Waals surface area contributed by atoms with Gasteiger partial charge in [-0.2, -0.15) is 10.2 Å². The molecule has 3 aromatic heterocycles. The molecule has 8 heteroatoms. The maximum atomic E-state index is 14.6. The number of pyridine rings is 1. The predicted octanol–water partition coefficient (Wildman–Crippen LogP) is 4.31. The molecule has 1 aliphatic carbocycles. The molecule has 0 unspecified atom stereocenters. The van der Waals surface area contributed by atoms with Gasteiger partial charge >= 0.3 is 0 Å². The highest BCUT2D eigenvalue weighted by molar-refractivity contribution is 6.09. The summed E-state index contributed by atoms with van der Waals surface area (Å²) < 4.78 is 21.4. The average molecular weight is 405 g/mol. The lowest BCUT2D eigenvalue weighted by atomic mass is 10.1. The van der Waals surface area contributed by atoms with Gasteiger partial charge in [-0.3, -0.25) is 9.89 Å². The summed E-state index contributed by atoms with van der Waals surface area (Å²) in [7, 11) is 1.57. The number of H-pyrrole nitrogens is 1. The lowest BCUT2D eigenvalue weighted by Crippen LogP contribution is -2.13. The van der Waals surface area contributed by atoms with Crippen molar-refractivity contribution in [3.8, 4) is 17.0 Å². The molecule has 0 aliphatic heterocycles. The van der Waals surface area contributed by atoms with E-state index in [0.717, 1.165) is 18.5 Å². The van der Waals surface area contributed by atoms with Gasteiger partial charge in [-0.1, -0.05) is 0 Å². The van der Waals surface area contributed by atoms with Gasteiger partial charge < -0.3 is 10.1 Å². The lowest BCUT2D eigenvalue weighted by molar-refractivity contribution is 0.102. The molecule has 30 heavy (non-hydrogen) atoms. The minimum absolute atomic E-state index is 0.323. The molecule has 1 saturated carbocycles. The number of anilines is 1. The van der Waals surface area contributed by atoms with Gasteiger partial charge in [0.15, 0.2) is 0 Å². The number of hydrogen-bond acceptors (Lipinski definition) is 4. The molecule has 3 heterocycles. The normalized spacial score (nSPS) is 13.6. The Bertz CT molecular complexity index is 1270. The summed E-state index contributed by atoms with van der Waals surface area (Å²) in [6, 6.07) is 8.47. The van der Waals surface area contributed by atoms with E-state index in [2.05, 4.69) is 20.6 Å². The smallest absolute Gasteiger partial charge is 0.259 e. The maximum absolute atomic E-state index is 14.6. The second-order valence-corrected chi connectivity index (χ2v) is 7.54. The molecule has 1 fully saturated rings. The van der Waals surface area contributed by atoms with Crippen LogP contribution in [-0.4, -0.2) is 32.8 Å². The molecule has 0 saturated heterocycles. The number of carbonyl (C=O) groups is 1. The van der Waals surface area contributed by atoms with Crippen molar-refractivity contribution < 1.29 is 13.9 Å².